The highest BCUT2D eigenvalue weighted by atomic mass is 15.3. The van der Waals surface area contributed by atoms with Crippen LogP contribution in [-0.2, 0) is 19.5 Å². The van der Waals surface area contributed by atoms with Crippen LogP contribution in [0.2, 0.25) is 0 Å². The molecular weight excluding hydrogens is 228 g/mol. The van der Waals surface area contributed by atoms with Crippen LogP contribution >= 0.6 is 0 Å². The summed E-state index contributed by atoms with van der Waals surface area (Å²) in [4.78, 5) is 0. The van der Waals surface area contributed by atoms with Gasteiger partial charge in [0.1, 0.15) is 11.6 Å². The first-order valence-electron chi connectivity index (χ1n) is 6.40. The van der Waals surface area contributed by atoms with Crippen molar-refractivity contribution in [1.82, 2.24) is 30.3 Å². The number of H-pyrrole nitrogens is 1. The highest BCUT2D eigenvalue weighted by Gasteiger charge is 2.20. The van der Waals surface area contributed by atoms with E-state index in [9.17, 15) is 0 Å². The van der Waals surface area contributed by atoms with Crippen molar-refractivity contribution in [2.75, 3.05) is 0 Å². The molecule has 0 fully saturated rings. The van der Waals surface area contributed by atoms with Gasteiger partial charge in [-0.05, 0) is 20.3 Å². The molecule has 2 aromatic rings. The number of nitrogens with zero attached hydrogens (tertiary/aromatic N) is 4. The van der Waals surface area contributed by atoms with E-state index in [1.165, 1.54) is 12.0 Å². The lowest BCUT2D eigenvalue weighted by Crippen LogP contribution is -2.21. The molecule has 2 aromatic heterocycles. The third-order valence-corrected chi connectivity index (χ3v) is 3.56. The molecule has 2 N–H and O–H groups in total. The van der Waals surface area contributed by atoms with Gasteiger partial charge in [0.2, 0.25) is 0 Å². The second-order valence-electron chi connectivity index (χ2n) is 4.85. The van der Waals surface area contributed by atoms with Crippen LogP contribution in [-0.4, -0.2) is 25.0 Å². The fourth-order valence-electron chi connectivity index (χ4n) is 2.40. The van der Waals surface area contributed by atoms with Crippen LogP contribution < -0.4 is 5.32 Å². The minimum Gasteiger partial charge on any atom is -0.314 e. The van der Waals surface area contributed by atoms with Crippen LogP contribution in [0.3, 0.4) is 0 Å². The summed E-state index contributed by atoms with van der Waals surface area (Å²) in [6.07, 6.45) is 4.11. The van der Waals surface area contributed by atoms with Crippen molar-refractivity contribution in [3.8, 4) is 0 Å². The molecule has 0 bridgehead atoms. The predicted molar refractivity (Wildman–Crippen MR) is 66.9 cm³/mol. The molecule has 0 aliphatic carbocycles. The molecule has 0 saturated heterocycles. The number of nitrogens with one attached hydrogen (secondary N) is 2. The van der Waals surface area contributed by atoms with Crippen molar-refractivity contribution in [3.05, 3.63) is 29.1 Å². The molecule has 3 heterocycles. The summed E-state index contributed by atoms with van der Waals surface area (Å²) >= 11 is 0. The molecule has 0 radical (unpaired) electrons. The minimum atomic E-state index is 0.207. The van der Waals surface area contributed by atoms with Gasteiger partial charge in [0.15, 0.2) is 0 Å². The Morgan fingerprint density at radius 2 is 2.39 bits per heavy atom. The average molecular weight is 246 g/mol. The average Bonchev–Trinajstić information content (AvgIpc) is 3.01. The third kappa shape index (κ3) is 1.92. The number of aromatic amines is 1. The second kappa shape index (κ2) is 4.53. The van der Waals surface area contributed by atoms with E-state index in [0.29, 0.717) is 0 Å². The zero-order valence-electron chi connectivity index (χ0n) is 10.8. The van der Waals surface area contributed by atoms with Crippen LogP contribution in [0.5, 0.6) is 0 Å². The van der Waals surface area contributed by atoms with Crippen molar-refractivity contribution in [1.29, 1.82) is 0 Å². The van der Waals surface area contributed by atoms with E-state index in [2.05, 4.69) is 37.2 Å². The number of hydrogen-bond acceptors (Lipinski definition) is 4. The summed E-state index contributed by atoms with van der Waals surface area (Å²) < 4.78 is 2.24. The molecule has 1 atom stereocenters. The Morgan fingerprint density at radius 1 is 1.50 bits per heavy atom. The lowest BCUT2D eigenvalue weighted by atomic mass is 10.2. The lowest BCUT2D eigenvalue weighted by Gasteiger charge is -2.13. The molecule has 0 amide bonds. The maximum atomic E-state index is 4.29. The van der Waals surface area contributed by atoms with Crippen molar-refractivity contribution in [3.63, 3.8) is 0 Å². The molecule has 1 aliphatic rings. The van der Waals surface area contributed by atoms with Gasteiger partial charge in [-0.1, -0.05) is 0 Å². The standard InChI is InChI=1S/C12H18N6/c1-8-10(7-14-15-8)6-13-9(2)12-17-16-11-4-3-5-18(11)12/h7,9,13H,3-6H2,1-2H3,(H,14,15). The van der Waals surface area contributed by atoms with E-state index < -0.39 is 0 Å². The van der Waals surface area contributed by atoms with Crippen molar-refractivity contribution in [2.24, 2.45) is 0 Å². The number of aromatic nitrogens is 5. The van der Waals surface area contributed by atoms with Crippen molar-refractivity contribution >= 4 is 0 Å². The summed E-state index contributed by atoms with van der Waals surface area (Å²) in [5, 5.41) is 19.0. The monoisotopic (exact) mass is 246 g/mol. The first kappa shape index (κ1) is 11.4. The summed E-state index contributed by atoms with van der Waals surface area (Å²) in [5.74, 6) is 2.17. The number of rotatable bonds is 4. The summed E-state index contributed by atoms with van der Waals surface area (Å²) in [6, 6.07) is 0.207. The minimum absolute atomic E-state index is 0.207. The number of aryl methyl sites for hydroxylation is 2. The van der Waals surface area contributed by atoms with Gasteiger partial charge in [0.25, 0.3) is 0 Å². The van der Waals surface area contributed by atoms with Gasteiger partial charge in [0.05, 0.1) is 12.2 Å². The summed E-state index contributed by atoms with van der Waals surface area (Å²) in [5.41, 5.74) is 2.31. The maximum absolute atomic E-state index is 4.29. The van der Waals surface area contributed by atoms with Crippen molar-refractivity contribution in [2.45, 2.75) is 45.8 Å². The Hall–Kier alpha value is -1.69. The Labute approximate surface area is 106 Å². The van der Waals surface area contributed by atoms with E-state index in [4.69, 9.17) is 0 Å². The molecule has 3 rings (SSSR count). The van der Waals surface area contributed by atoms with Crippen LogP contribution in [0.4, 0.5) is 0 Å². The first-order valence-corrected chi connectivity index (χ1v) is 6.40. The zero-order valence-corrected chi connectivity index (χ0v) is 10.8. The van der Waals surface area contributed by atoms with Gasteiger partial charge in [-0.2, -0.15) is 5.10 Å². The second-order valence-corrected chi connectivity index (χ2v) is 4.85. The third-order valence-electron chi connectivity index (χ3n) is 3.56. The molecule has 0 saturated carbocycles. The Balaban J connectivity index is 1.68. The fourth-order valence-corrected chi connectivity index (χ4v) is 2.40. The Kier molecular flexibility index (Phi) is 2.87. The predicted octanol–water partition coefficient (Wildman–Crippen LogP) is 1.11. The molecule has 0 spiro atoms. The van der Waals surface area contributed by atoms with Gasteiger partial charge in [0, 0.05) is 30.8 Å². The molecule has 18 heavy (non-hydrogen) atoms. The van der Waals surface area contributed by atoms with E-state index in [-0.39, 0.29) is 6.04 Å². The van der Waals surface area contributed by atoms with Crippen LogP contribution in [0, 0.1) is 6.92 Å². The highest BCUT2D eigenvalue weighted by Crippen LogP contribution is 2.19. The van der Waals surface area contributed by atoms with Crippen LogP contribution in [0.15, 0.2) is 6.20 Å². The van der Waals surface area contributed by atoms with Gasteiger partial charge >= 0.3 is 0 Å². The molecule has 1 aliphatic heterocycles. The van der Waals surface area contributed by atoms with E-state index in [1.807, 2.05) is 13.1 Å². The van der Waals surface area contributed by atoms with E-state index in [1.54, 1.807) is 0 Å². The molecule has 96 valence electrons. The van der Waals surface area contributed by atoms with E-state index >= 15 is 0 Å². The first-order chi connectivity index (χ1) is 8.75. The maximum Gasteiger partial charge on any atom is 0.149 e. The molecular formula is C12H18N6. The van der Waals surface area contributed by atoms with Gasteiger partial charge in [-0.25, -0.2) is 0 Å². The largest absolute Gasteiger partial charge is 0.314 e. The molecule has 0 aromatic carbocycles. The van der Waals surface area contributed by atoms with Crippen molar-refractivity contribution < 1.29 is 0 Å². The van der Waals surface area contributed by atoms with Crippen LogP contribution in [0.25, 0.3) is 0 Å². The highest BCUT2D eigenvalue weighted by molar-refractivity contribution is 5.14. The fraction of sp³-hybridized carbons (Fsp3) is 0.583. The van der Waals surface area contributed by atoms with Gasteiger partial charge in [-0.3, -0.25) is 5.10 Å². The molecule has 6 nitrogen and oxygen atoms in total. The zero-order chi connectivity index (χ0) is 12.5. The topological polar surface area (TPSA) is 71.4 Å². The SMILES string of the molecule is Cc1[nH]ncc1CNC(C)c1nnc2n1CCC2. The lowest BCUT2D eigenvalue weighted by molar-refractivity contribution is 0.515. The van der Waals surface area contributed by atoms with E-state index in [0.717, 1.165) is 36.9 Å². The molecule has 6 heteroatoms. The van der Waals surface area contributed by atoms with Gasteiger partial charge in [-0.15, -0.1) is 10.2 Å². The smallest absolute Gasteiger partial charge is 0.149 e. The normalized spacial score (nSPS) is 15.9. The Morgan fingerprint density at radius 3 is 3.17 bits per heavy atom. The quantitative estimate of drug-likeness (QED) is 0.847. The van der Waals surface area contributed by atoms with Crippen LogP contribution in [0.1, 0.15) is 42.3 Å². The number of fused-ring (bicyclic) bond motifs is 1. The number of hydrogen-bond donors (Lipinski definition) is 2. The van der Waals surface area contributed by atoms with Gasteiger partial charge < -0.3 is 9.88 Å². The summed E-state index contributed by atoms with van der Waals surface area (Å²) in [6.45, 7) is 6.01. The molecule has 1 unspecified atom stereocenters. The Bertz CT molecular complexity index is 541. The summed E-state index contributed by atoms with van der Waals surface area (Å²) in [7, 11) is 0.